The van der Waals surface area contributed by atoms with Crippen LogP contribution in [0.3, 0.4) is 0 Å². The molecule has 1 aliphatic carbocycles. The summed E-state index contributed by atoms with van der Waals surface area (Å²) < 4.78 is 2.66. The number of nitrogens with zero attached hydrogens (tertiary/aromatic N) is 1. The quantitative estimate of drug-likeness (QED) is 0.155. The zero-order valence-corrected chi connectivity index (χ0v) is 36.0. The second-order valence-corrected chi connectivity index (χ2v) is 18.3. The predicted molar refractivity (Wildman–Crippen MR) is 271 cm³/mol. The third kappa shape index (κ3) is 6.21. The summed E-state index contributed by atoms with van der Waals surface area (Å²) in [7, 11) is 0. The van der Waals surface area contributed by atoms with Gasteiger partial charge in [0.15, 0.2) is 0 Å². The molecule has 0 spiro atoms. The van der Waals surface area contributed by atoms with Crippen LogP contribution in [0.5, 0.6) is 0 Å². The van der Waals surface area contributed by atoms with Crippen LogP contribution in [0.1, 0.15) is 25.0 Å². The molecular weight excluding hydrogens is 779 g/mol. The molecule has 0 radical (unpaired) electrons. The van der Waals surface area contributed by atoms with Crippen molar-refractivity contribution in [3.8, 4) is 55.6 Å². The Morgan fingerprint density at radius 2 is 0.857 bits per heavy atom. The van der Waals surface area contributed by atoms with Crippen molar-refractivity contribution in [1.29, 1.82) is 0 Å². The Labute approximate surface area is 372 Å². The van der Waals surface area contributed by atoms with Gasteiger partial charge in [0, 0.05) is 42.6 Å². The Bertz CT molecular complexity index is 3520. The zero-order chi connectivity index (χ0) is 42.1. The summed E-state index contributed by atoms with van der Waals surface area (Å²) in [6, 6.07) is 82.8. The minimum atomic E-state index is -0.181. The summed E-state index contributed by atoms with van der Waals surface area (Å²) in [4.78, 5) is 2.43. The molecule has 12 rings (SSSR count). The van der Waals surface area contributed by atoms with E-state index < -0.39 is 0 Å². The lowest BCUT2D eigenvalue weighted by atomic mass is 9.81. The minimum Gasteiger partial charge on any atom is -0.310 e. The molecule has 2 heteroatoms. The molecule has 63 heavy (non-hydrogen) atoms. The van der Waals surface area contributed by atoms with Gasteiger partial charge in [0.05, 0.1) is 0 Å². The van der Waals surface area contributed by atoms with Crippen molar-refractivity contribution in [3.05, 3.63) is 236 Å². The highest BCUT2D eigenvalue weighted by Crippen LogP contribution is 2.52. The van der Waals surface area contributed by atoms with Crippen LogP contribution in [0.25, 0.3) is 86.6 Å². The molecule has 1 heterocycles. The van der Waals surface area contributed by atoms with Crippen molar-refractivity contribution in [3.63, 3.8) is 0 Å². The van der Waals surface area contributed by atoms with Gasteiger partial charge in [0.2, 0.25) is 0 Å². The van der Waals surface area contributed by atoms with Crippen LogP contribution in [0, 0.1) is 0 Å². The summed E-state index contributed by atoms with van der Waals surface area (Å²) in [6.07, 6.45) is 0. The third-order valence-electron chi connectivity index (χ3n) is 13.3. The lowest BCUT2D eigenvalue weighted by Gasteiger charge is -2.28. The van der Waals surface area contributed by atoms with Gasteiger partial charge in [-0.25, -0.2) is 0 Å². The molecule has 10 aromatic carbocycles. The minimum absolute atomic E-state index is 0.181. The van der Waals surface area contributed by atoms with Crippen molar-refractivity contribution in [2.45, 2.75) is 19.3 Å². The molecular formula is C61H43NS. The molecule has 0 N–H and O–H groups in total. The van der Waals surface area contributed by atoms with Gasteiger partial charge in [0.25, 0.3) is 0 Å². The molecule has 1 nitrogen and oxygen atoms in total. The summed E-state index contributed by atoms with van der Waals surface area (Å²) in [6.45, 7) is 4.76. The number of anilines is 3. The zero-order valence-electron chi connectivity index (χ0n) is 35.2. The molecule has 1 aromatic heterocycles. The van der Waals surface area contributed by atoms with Crippen molar-refractivity contribution >= 4 is 59.3 Å². The Hall–Kier alpha value is -7.52. The molecule has 0 unspecified atom stereocenters. The molecule has 0 atom stereocenters. The second-order valence-electron chi connectivity index (χ2n) is 17.3. The number of hydrogen-bond acceptors (Lipinski definition) is 2. The van der Waals surface area contributed by atoms with Crippen molar-refractivity contribution < 1.29 is 0 Å². The lowest BCUT2D eigenvalue weighted by molar-refractivity contribution is 0.660. The molecule has 0 saturated heterocycles. The molecule has 11 aromatic rings. The predicted octanol–water partition coefficient (Wildman–Crippen LogP) is 17.7. The molecule has 0 bridgehead atoms. The van der Waals surface area contributed by atoms with E-state index in [0.29, 0.717) is 0 Å². The fourth-order valence-corrected chi connectivity index (χ4v) is 11.3. The molecule has 0 fully saturated rings. The lowest BCUT2D eigenvalue weighted by Crippen LogP contribution is -2.16. The largest absolute Gasteiger partial charge is 0.310 e. The summed E-state index contributed by atoms with van der Waals surface area (Å²) in [5.41, 5.74) is 18.4. The number of benzene rings is 10. The second kappa shape index (κ2) is 14.8. The van der Waals surface area contributed by atoms with Crippen LogP contribution in [0.4, 0.5) is 17.1 Å². The van der Waals surface area contributed by atoms with Gasteiger partial charge >= 0.3 is 0 Å². The molecule has 1 aliphatic rings. The SMILES string of the molecule is CC1(C)c2cc(-c3ccccc3)ccc2-c2ccc(N(c3ccc(-c4ccccc4-c4cccc5ccccc45)cc3)c3ccc(-c4cccc5c4sc4ccccc45)cc3)cc21. The Morgan fingerprint density at radius 1 is 0.333 bits per heavy atom. The van der Waals surface area contributed by atoms with Gasteiger partial charge in [-0.15, -0.1) is 11.3 Å². The summed E-state index contributed by atoms with van der Waals surface area (Å²) in [5.74, 6) is 0. The van der Waals surface area contributed by atoms with E-state index >= 15 is 0 Å². The highest BCUT2D eigenvalue weighted by Gasteiger charge is 2.36. The van der Waals surface area contributed by atoms with Crippen molar-refractivity contribution in [2.75, 3.05) is 4.90 Å². The first-order valence-corrected chi connectivity index (χ1v) is 22.6. The van der Waals surface area contributed by atoms with E-state index in [1.165, 1.54) is 97.7 Å². The number of fused-ring (bicyclic) bond motifs is 7. The fraction of sp³-hybridized carbons (Fsp3) is 0.0492. The van der Waals surface area contributed by atoms with Gasteiger partial charge in [-0.05, 0) is 126 Å². The van der Waals surface area contributed by atoms with Crippen LogP contribution in [0.2, 0.25) is 0 Å². The Balaban J connectivity index is 0.968. The van der Waals surface area contributed by atoms with Crippen LogP contribution in [-0.4, -0.2) is 0 Å². The van der Waals surface area contributed by atoms with Crippen LogP contribution >= 0.6 is 11.3 Å². The average molecular weight is 822 g/mol. The maximum absolute atomic E-state index is 2.44. The van der Waals surface area contributed by atoms with E-state index in [0.717, 1.165) is 17.1 Å². The first-order chi connectivity index (χ1) is 31.0. The van der Waals surface area contributed by atoms with E-state index in [1.54, 1.807) is 0 Å². The molecule has 0 amide bonds. The maximum Gasteiger partial charge on any atom is 0.0465 e. The fourth-order valence-electron chi connectivity index (χ4n) is 10.1. The van der Waals surface area contributed by atoms with E-state index in [2.05, 4.69) is 243 Å². The smallest absolute Gasteiger partial charge is 0.0465 e. The Morgan fingerprint density at radius 3 is 1.63 bits per heavy atom. The number of hydrogen-bond donors (Lipinski definition) is 0. The van der Waals surface area contributed by atoms with Crippen LogP contribution in [-0.2, 0) is 5.41 Å². The van der Waals surface area contributed by atoms with Gasteiger partial charge in [0.1, 0.15) is 0 Å². The van der Waals surface area contributed by atoms with Crippen molar-refractivity contribution in [1.82, 2.24) is 0 Å². The third-order valence-corrected chi connectivity index (χ3v) is 14.5. The van der Waals surface area contributed by atoms with E-state index in [-0.39, 0.29) is 5.41 Å². The maximum atomic E-state index is 2.44. The van der Waals surface area contributed by atoms with Crippen LogP contribution in [0.15, 0.2) is 224 Å². The molecule has 298 valence electrons. The Kier molecular flexibility index (Phi) is 8.77. The van der Waals surface area contributed by atoms with Gasteiger partial charge in [-0.3, -0.25) is 0 Å². The molecule has 0 saturated carbocycles. The van der Waals surface area contributed by atoms with Gasteiger partial charge in [-0.1, -0.05) is 190 Å². The molecule has 0 aliphatic heterocycles. The average Bonchev–Trinajstić information content (AvgIpc) is 3.83. The van der Waals surface area contributed by atoms with Crippen LogP contribution < -0.4 is 4.90 Å². The highest BCUT2D eigenvalue weighted by atomic mass is 32.1. The first kappa shape index (κ1) is 37.3. The number of rotatable bonds is 7. The highest BCUT2D eigenvalue weighted by molar-refractivity contribution is 7.26. The van der Waals surface area contributed by atoms with Gasteiger partial charge in [-0.2, -0.15) is 0 Å². The van der Waals surface area contributed by atoms with Crippen molar-refractivity contribution in [2.24, 2.45) is 0 Å². The topological polar surface area (TPSA) is 3.24 Å². The first-order valence-electron chi connectivity index (χ1n) is 21.8. The van der Waals surface area contributed by atoms with Gasteiger partial charge < -0.3 is 4.90 Å². The van der Waals surface area contributed by atoms with E-state index in [4.69, 9.17) is 0 Å². The summed E-state index contributed by atoms with van der Waals surface area (Å²) in [5, 5.41) is 5.15. The normalized spacial score (nSPS) is 12.7. The monoisotopic (exact) mass is 821 g/mol. The summed E-state index contributed by atoms with van der Waals surface area (Å²) >= 11 is 1.88. The number of thiophene rings is 1. The van der Waals surface area contributed by atoms with E-state index in [1.807, 2.05) is 11.3 Å². The standard InChI is InChI=1S/C61H43NS/c1-61(2)57-38-44(40-14-4-3-5-15-40)30-36-53(57)54-37-35-47(39-58(54)61)62(46-33-28-43(29-34-46)50-22-13-24-56-55-21-10-11-25-59(55)63-60(50)56)45-31-26-42(27-32-45)49-19-8-9-20-51(49)52-23-12-17-41-16-6-7-18-48(41)52/h3-39H,1-2H3. The van der Waals surface area contributed by atoms with E-state index in [9.17, 15) is 0 Å².